The highest BCUT2D eigenvalue weighted by atomic mass is 16.5. The fraction of sp³-hybridized carbons (Fsp3) is 0.136. The van der Waals surface area contributed by atoms with Gasteiger partial charge >= 0.3 is 0 Å². The number of benzene rings is 3. The van der Waals surface area contributed by atoms with Gasteiger partial charge in [-0.15, -0.1) is 0 Å². The second kappa shape index (κ2) is 4.81. The van der Waals surface area contributed by atoms with Crippen LogP contribution < -0.4 is 4.74 Å². The highest BCUT2D eigenvalue weighted by Crippen LogP contribution is 2.48. The summed E-state index contributed by atoms with van der Waals surface area (Å²) >= 11 is 0. The van der Waals surface area contributed by atoms with E-state index in [4.69, 9.17) is 9.72 Å². The number of ether oxygens (including phenoxy) is 1. The molecular formula is C22H17NO. The van der Waals surface area contributed by atoms with Gasteiger partial charge in [-0.25, -0.2) is 0 Å². The van der Waals surface area contributed by atoms with E-state index in [2.05, 4.69) is 56.3 Å². The Kier molecular flexibility index (Phi) is 2.72. The van der Waals surface area contributed by atoms with Gasteiger partial charge in [-0.2, -0.15) is 0 Å². The van der Waals surface area contributed by atoms with Gasteiger partial charge in [-0.05, 0) is 29.0 Å². The Balaban J connectivity index is 1.89. The highest BCUT2D eigenvalue weighted by molar-refractivity contribution is 6.06. The molecule has 2 nitrogen and oxygen atoms in total. The third kappa shape index (κ3) is 1.80. The molecule has 2 heteroatoms. The molecule has 0 atom stereocenters. The van der Waals surface area contributed by atoms with E-state index in [0.717, 1.165) is 38.9 Å². The molecule has 1 aliphatic rings. The Morgan fingerprint density at radius 3 is 2.58 bits per heavy atom. The molecule has 0 amide bonds. The first kappa shape index (κ1) is 13.6. The second-order valence-electron chi connectivity index (χ2n) is 6.70. The van der Waals surface area contributed by atoms with Gasteiger partial charge < -0.3 is 4.74 Å². The lowest BCUT2D eigenvalue weighted by Crippen LogP contribution is -2.00. The summed E-state index contributed by atoms with van der Waals surface area (Å²) in [4.78, 5) is 4.72. The van der Waals surface area contributed by atoms with Crippen molar-refractivity contribution in [1.82, 2.24) is 4.98 Å². The van der Waals surface area contributed by atoms with Crippen LogP contribution in [0.15, 0.2) is 60.8 Å². The van der Waals surface area contributed by atoms with Gasteiger partial charge in [-0.3, -0.25) is 4.98 Å². The quantitative estimate of drug-likeness (QED) is 0.363. The summed E-state index contributed by atoms with van der Waals surface area (Å²) in [5, 5.41) is 4.59. The van der Waals surface area contributed by atoms with Crippen LogP contribution >= 0.6 is 0 Å². The van der Waals surface area contributed by atoms with Crippen LogP contribution in [0.25, 0.3) is 32.8 Å². The van der Waals surface area contributed by atoms with Crippen LogP contribution in [-0.4, -0.2) is 4.98 Å². The largest absolute Gasteiger partial charge is 0.454 e. The summed E-state index contributed by atoms with van der Waals surface area (Å²) in [6.07, 6.45) is 1.95. The predicted octanol–water partition coefficient (Wildman–Crippen LogP) is 6.28. The molecule has 4 aromatic rings. The molecule has 0 aliphatic carbocycles. The number of nitrogens with zero attached hydrogens (tertiary/aromatic N) is 1. The molecule has 0 N–H and O–H groups in total. The van der Waals surface area contributed by atoms with Crippen LogP contribution in [0.3, 0.4) is 0 Å². The van der Waals surface area contributed by atoms with E-state index in [1.807, 2.05) is 18.3 Å². The Morgan fingerprint density at radius 1 is 0.917 bits per heavy atom. The first-order chi connectivity index (χ1) is 11.7. The van der Waals surface area contributed by atoms with Gasteiger partial charge in [-0.1, -0.05) is 56.3 Å². The Bertz CT molecular complexity index is 1110. The minimum Gasteiger partial charge on any atom is -0.454 e. The zero-order valence-electron chi connectivity index (χ0n) is 13.7. The standard InChI is InChI=1S/C22H17NO/c1-13(2)15-9-10-16-12-23-21-17-7-3-5-14-6-4-8-19(20(14)17)24-22(21)18(16)11-15/h3-13H,1-2H3. The average Bonchev–Trinajstić information content (AvgIpc) is 2.61. The maximum atomic E-state index is 6.34. The van der Waals surface area contributed by atoms with Crippen molar-refractivity contribution in [3.63, 3.8) is 0 Å². The van der Waals surface area contributed by atoms with E-state index in [-0.39, 0.29) is 0 Å². The van der Waals surface area contributed by atoms with Crippen LogP contribution in [0.2, 0.25) is 0 Å². The molecule has 0 unspecified atom stereocenters. The van der Waals surface area contributed by atoms with Gasteiger partial charge in [0.15, 0.2) is 5.75 Å². The van der Waals surface area contributed by atoms with Crippen LogP contribution in [0.1, 0.15) is 25.3 Å². The first-order valence-electron chi connectivity index (χ1n) is 8.35. The fourth-order valence-electron chi connectivity index (χ4n) is 3.56. The average molecular weight is 311 g/mol. The lowest BCUT2D eigenvalue weighted by molar-refractivity contribution is 0.490. The number of fused-ring (bicyclic) bond motifs is 4. The minimum absolute atomic E-state index is 0.484. The minimum atomic E-state index is 0.484. The van der Waals surface area contributed by atoms with Crippen molar-refractivity contribution >= 4 is 21.5 Å². The van der Waals surface area contributed by atoms with Gasteiger partial charge in [0, 0.05) is 27.9 Å². The SMILES string of the molecule is CC(C)c1ccc2cnc3c(c2c1)Oc1cccc2cccc-3c12. The Labute approximate surface area is 140 Å². The van der Waals surface area contributed by atoms with Crippen molar-refractivity contribution < 1.29 is 4.74 Å². The van der Waals surface area contributed by atoms with Crippen molar-refractivity contribution in [1.29, 1.82) is 0 Å². The Morgan fingerprint density at radius 2 is 1.75 bits per heavy atom. The fourth-order valence-corrected chi connectivity index (χ4v) is 3.56. The van der Waals surface area contributed by atoms with E-state index in [1.165, 1.54) is 10.9 Å². The number of rotatable bonds is 1. The lowest BCUT2D eigenvalue weighted by atomic mass is 9.95. The molecule has 24 heavy (non-hydrogen) atoms. The first-order valence-corrected chi connectivity index (χ1v) is 8.35. The molecular weight excluding hydrogens is 294 g/mol. The normalized spacial score (nSPS) is 12.5. The molecule has 0 fully saturated rings. The van der Waals surface area contributed by atoms with Crippen molar-refractivity contribution in [3.8, 4) is 22.8 Å². The third-order valence-corrected chi connectivity index (χ3v) is 4.87. The van der Waals surface area contributed by atoms with Crippen LogP contribution in [-0.2, 0) is 0 Å². The van der Waals surface area contributed by atoms with E-state index < -0.39 is 0 Å². The van der Waals surface area contributed by atoms with Crippen LogP contribution in [0.5, 0.6) is 11.5 Å². The summed E-state index contributed by atoms with van der Waals surface area (Å²) in [6.45, 7) is 4.43. The smallest absolute Gasteiger partial charge is 0.161 e. The number of pyridine rings is 1. The van der Waals surface area contributed by atoms with Gasteiger partial charge in [0.1, 0.15) is 11.4 Å². The maximum absolute atomic E-state index is 6.34. The topological polar surface area (TPSA) is 22.1 Å². The van der Waals surface area contributed by atoms with Crippen molar-refractivity contribution in [2.45, 2.75) is 19.8 Å². The zero-order valence-corrected chi connectivity index (χ0v) is 13.7. The van der Waals surface area contributed by atoms with Gasteiger partial charge in [0.2, 0.25) is 0 Å². The third-order valence-electron chi connectivity index (χ3n) is 4.87. The monoisotopic (exact) mass is 311 g/mol. The van der Waals surface area contributed by atoms with E-state index >= 15 is 0 Å². The van der Waals surface area contributed by atoms with Crippen molar-refractivity contribution in [3.05, 3.63) is 66.4 Å². The predicted molar refractivity (Wildman–Crippen MR) is 98.8 cm³/mol. The second-order valence-corrected chi connectivity index (χ2v) is 6.70. The molecule has 2 heterocycles. The molecule has 116 valence electrons. The summed E-state index contributed by atoms with van der Waals surface area (Å²) in [5.41, 5.74) is 3.41. The molecule has 0 bridgehead atoms. The maximum Gasteiger partial charge on any atom is 0.161 e. The summed E-state index contributed by atoms with van der Waals surface area (Å²) in [6, 6.07) is 19.1. The molecule has 1 aromatic heterocycles. The summed E-state index contributed by atoms with van der Waals surface area (Å²) in [7, 11) is 0. The molecule has 0 spiro atoms. The van der Waals surface area contributed by atoms with E-state index in [9.17, 15) is 0 Å². The van der Waals surface area contributed by atoms with E-state index in [0.29, 0.717) is 5.92 Å². The Hall–Kier alpha value is -2.87. The van der Waals surface area contributed by atoms with Gasteiger partial charge in [0.05, 0.1) is 0 Å². The molecule has 1 aliphatic heterocycles. The van der Waals surface area contributed by atoms with Gasteiger partial charge in [0.25, 0.3) is 0 Å². The zero-order chi connectivity index (χ0) is 16.3. The highest BCUT2D eigenvalue weighted by Gasteiger charge is 2.23. The number of aromatic nitrogens is 1. The molecule has 0 saturated heterocycles. The molecule has 5 rings (SSSR count). The van der Waals surface area contributed by atoms with E-state index in [1.54, 1.807) is 0 Å². The molecule has 0 radical (unpaired) electrons. The molecule has 0 saturated carbocycles. The number of hydrogen-bond donors (Lipinski definition) is 0. The lowest BCUT2D eigenvalue weighted by Gasteiger charge is -2.22. The van der Waals surface area contributed by atoms with Crippen molar-refractivity contribution in [2.24, 2.45) is 0 Å². The van der Waals surface area contributed by atoms with Crippen LogP contribution in [0, 0.1) is 0 Å². The van der Waals surface area contributed by atoms with Crippen LogP contribution in [0.4, 0.5) is 0 Å². The van der Waals surface area contributed by atoms with Crippen molar-refractivity contribution in [2.75, 3.05) is 0 Å². The molecule has 3 aromatic carbocycles. The summed E-state index contributed by atoms with van der Waals surface area (Å²) < 4.78 is 6.34. The summed E-state index contributed by atoms with van der Waals surface area (Å²) in [5.74, 6) is 2.28. The number of hydrogen-bond acceptors (Lipinski definition) is 2.